The average Bonchev–Trinajstić information content (AvgIpc) is 2.68. The molecule has 0 radical (unpaired) electrons. The first kappa shape index (κ1) is 20.1. The van der Waals surface area contributed by atoms with E-state index in [0.29, 0.717) is 16.8 Å². The summed E-state index contributed by atoms with van der Waals surface area (Å²) in [7, 11) is 1.27. The molecule has 2 N–H and O–H groups in total. The number of benzene rings is 2. The highest BCUT2D eigenvalue weighted by atomic mass is 16.5. The molecule has 1 atom stereocenters. The first-order valence-electron chi connectivity index (χ1n) is 8.26. The molecule has 0 unspecified atom stereocenters. The Morgan fingerprint density at radius 1 is 1.04 bits per heavy atom. The second kappa shape index (κ2) is 8.95. The maximum absolute atomic E-state index is 12.3. The SMILES string of the molecule is COC(=O)c1ccc(C)c(NC(=O)[C@@H](C)OC(=O)c2ccc(CO)cc2)c1. The summed E-state index contributed by atoms with van der Waals surface area (Å²) in [4.78, 5) is 36.1. The van der Waals surface area contributed by atoms with Gasteiger partial charge in [0.1, 0.15) is 0 Å². The van der Waals surface area contributed by atoms with Crippen LogP contribution in [-0.2, 0) is 20.9 Å². The Morgan fingerprint density at radius 2 is 1.67 bits per heavy atom. The van der Waals surface area contributed by atoms with E-state index in [1.165, 1.54) is 32.2 Å². The largest absolute Gasteiger partial charge is 0.465 e. The Morgan fingerprint density at radius 3 is 2.26 bits per heavy atom. The van der Waals surface area contributed by atoms with Gasteiger partial charge in [-0.1, -0.05) is 18.2 Å². The molecule has 27 heavy (non-hydrogen) atoms. The van der Waals surface area contributed by atoms with E-state index < -0.39 is 23.9 Å². The number of methoxy groups -OCH3 is 1. The molecule has 0 aliphatic carbocycles. The quantitative estimate of drug-likeness (QED) is 0.757. The highest BCUT2D eigenvalue weighted by Gasteiger charge is 2.20. The fraction of sp³-hybridized carbons (Fsp3) is 0.250. The molecule has 0 saturated carbocycles. The molecule has 0 bridgehead atoms. The highest BCUT2D eigenvalue weighted by Crippen LogP contribution is 2.18. The van der Waals surface area contributed by atoms with Gasteiger partial charge in [0, 0.05) is 5.69 Å². The lowest BCUT2D eigenvalue weighted by molar-refractivity contribution is -0.123. The number of aryl methyl sites for hydroxylation is 1. The third-order valence-corrected chi connectivity index (χ3v) is 3.94. The molecule has 2 rings (SSSR count). The lowest BCUT2D eigenvalue weighted by Crippen LogP contribution is -2.30. The smallest absolute Gasteiger partial charge is 0.338 e. The number of rotatable bonds is 6. The van der Waals surface area contributed by atoms with Gasteiger partial charge < -0.3 is 19.9 Å². The lowest BCUT2D eigenvalue weighted by Gasteiger charge is -2.15. The molecule has 0 saturated heterocycles. The Kier molecular flexibility index (Phi) is 6.67. The van der Waals surface area contributed by atoms with Crippen LogP contribution in [0.5, 0.6) is 0 Å². The number of anilines is 1. The minimum atomic E-state index is -1.05. The molecule has 7 heteroatoms. The summed E-state index contributed by atoms with van der Waals surface area (Å²) < 4.78 is 9.84. The van der Waals surface area contributed by atoms with Crippen LogP contribution in [0.3, 0.4) is 0 Å². The van der Waals surface area contributed by atoms with Crippen molar-refractivity contribution >= 4 is 23.5 Å². The van der Waals surface area contributed by atoms with Crippen LogP contribution in [0.2, 0.25) is 0 Å². The van der Waals surface area contributed by atoms with E-state index in [4.69, 9.17) is 9.84 Å². The van der Waals surface area contributed by atoms with E-state index in [1.54, 1.807) is 31.2 Å². The van der Waals surface area contributed by atoms with Gasteiger partial charge in [0.05, 0.1) is 24.8 Å². The van der Waals surface area contributed by atoms with Crippen molar-refractivity contribution in [3.63, 3.8) is 0 Å². The molecule has 0 aliphatic heterocycles. The number of amides is 1. The van der Waals surface area contributed by atoms with Crippen molar-refractivity contribution in [3.05, 3.63) is 64.7 Å². The fourth-order valence-electron chi connectivity index (χ4n) is 2.26. The monoisotopic (exact) mass is 371 g/mol. The Hall–Kier alpha value is -3.19. The number of esters is 2. The molecular formula is C20H21NO6. The van der Waals surface area contributed by atoms with Gasteiger partial charge in [-0.15, -0.1) is 0 Å². The predicted octanol–water partition coefficient (Wildman–Crippen LogP) is 2.46. The van der Waals surface area contributed by atoms with Gasteiger partial charge in [0.25, 0.3) is 5.91 Å². The summed E-state index contributed by atoms with van der Waals surface area (Å²) in [5, 5.41) is 11.7. The van der Waals surface area contributed by atoms with Crippen LogP contribution in [0.15, 0.2) is 42.5 Å². The number of nitrogens with one attached hydrogen (secondary N) is 1. The predicted molar refractivity (Wildman–Crippen MR) is 98.4 cm³/mol. The zero-order valence-electron chi connectivity index (χ0n) is 15.3. The average molecular weight is 371 g/mol. The van der Waals surface area contributed by atoms with Gasteiger partial charge in [0.2, 0.25) is 0 Å². The maximum Gasteiger partial charge on any atom is 0.338 e. The number of aliphatic hydroxyl groups excluding tert-OH is 1. The van der Waals surface area contributed by atoms with Crippen LogP contribution in [-0.4, -0.2) is 36.2 Å². The molecule has 142 valence electrons. The summed E-state index contributed by atoms with van der Waals surface area (Å²) in [5.41, 5.74) is 2.41. The van der Waals surface area contributed by atoms with Crippen LogP contribution in [0.4, 0.5) is 5.69 Å². The summed E-state index contributed by atoms with van der Waals surface area (Å²) in [6.07, 6.45) is -1.05. The third-order valence-electron chi connectivity index (χ3n) is 3.94. The van der Waals surface area contributed by atoms with Gasteiger partial charge in [-0.2, -0.15) is 0 Å². The van der Waals surface area contributed by atoms with Crippen molar-refractivity contribution in [2.75, 3.05) is 12.4 Å². The van der Waals surface area contributed by atoms with E-state index in [9.17, 15) is 14.4 Å². The molecule has 7 nitrogen and oxygen atoms in total. The van der Waals surface area contributed by atoms with Crippen LogP contribution >= 0.6 is 0 Å². The number of carbonyl (C=O) groups is 3. The van der Waals surface area contributed by atoms with Crippen molar-refractivity contribution < 1.29 is 29.0 Å². The zero-order chi connectivity index (χ0) is 20.0. The van der Waals surface area contributed by atoms with Crippen LogP contribution in [0.25, 0.3) is 0 Å². The fourth-order valence-corrected chi connectivity index (χ4v) is 2.26. The first-order valence-corrected chi connectivity index (χ1v) is 8.26. The number of hydrogen-bond acceptors (Lipinski definition) is 6. The number of hydrogen-bond donors (Lipinski definition) is 2. The van der Waals surface area contributed by atoms with E-state index in [0.717, 1.165) is 5.56 Å². The van der Waals surface area contributed by atoms with Crippen molar-refractivity contribution in [2.24, 2.45) is 0 Å². The van der Waals surface area contributed by atoms with Crippen molar-refractivity contribution in [1.29, 1.82) is 0 Å². The first-order chi connectivity index (χ1) is 12.8. The van der Waals surface area contributed by atoms with E-state index in [-0.39, 0.29) is 12.2 Å². The number of ether oxygens (including phenoxy) is 2. The van der Waals surface area contributed by atoms with Crippen LogP contribution in [0, 0.1) is 6.92 Å². The van der Waals surface area contributed by atoms with Gasteiger partial charge in [-0.25, -0.2) is 9.59 Å². The summed E-state index contributed by atoms with van der Waals surface area (Å²) in [5.74, 6) is -1.70. The lowest BCUT2D eigenvalue weighted by atomic mass is 10.1. The summed E-state index contributed by atoms with van der Waals surface area (Å²) in [6, 6.07) is 11.0. The van der Waals surface area contributed by atoms with Crippen LogP contribution in [0.1, 0.15) is 38.8 Å². The van der Waals surface area contributed by atoms with Crippen molar-refractivity contribution in [1.82, 2.24) is 0 Å². The molecule has 2 aromatic carbocycles. The zero-order valence-corrected chi connectivity index (χ0v) is 15.3. The molecule has 2 aromatic rings. The van der Waals surface area contributed by atoms with Gasteiger partial charge >= 0.3 is 11.9 Å². The molecule has 0 aromatic heterocycles. The van der Waals surface area contributed by atoms with Gasteiger partial charge in [-0.3, -0.25) is 4.79 Å². The Balaban J connectivity index is 2.04. The highest BCUT2D eigenvalue weighted by molar-refractivity contribution is 5.99. The van der Waals surface area contributed by atoms with E-state index >= 15 is 0 Å². The van der Waals surface area contributed by atoms with Crippen molar-refractivity contribution in [2.45, 2.75) is 26.6 Å². The Bertz CT molecular complexity index is 844. The standard InChI is InChI=1S/C20H21NO6/c1-12-4-7-16(19(24)26-3)10-17(12)21-18(23)13(2)27-20(25)15-8-5-14(11-22)6-9-15/h4-10,13,22H,11H2,1-3H3,(H,21,23)/t13-/m1/s1. The molecule has 1 amide bonds. The summed E-state index contributed by atoms with van der Waals surface area (Å²) in [6.45, 7) is 3.10. The topological polar surface area (TPSA) is 102 Å². The summed E-state index contributed by atoms with van der Waals surface area (Å²) >= 11 is 0. The minimum Gasteiger partial charge on any atom is -0.465 e. The number of carbonyl (C=O) groups excluding carboxylic acids is 3. The molecular weight excluding hydrogens is 350 g/mol. The minimum absolute atomic E-state index is 0.127. The van der Waals surface area contributed by atoms with Gasteiger partial charge in [0.15, 0.2) is 6.10 Å². The van der Waals surface area contributed by atoms with Crippen molar-refractivity contribution in [3.8, 4) is 0 Å². The second-order valence-corrected chi connectivity index (χ2v) is 5.91. The van der Waals surface area contributed by atoms with Crippen LogP contribution < -0.4 is 5.32 Å². The molecule has 0 aliphatic rings. The van der Waals surface area contributed by atoms with E-state index in [1.807, 2.05) is 0 Å². The maximum atomic E-state index is 12.3. The normalized spacial score (nSPS) is 11.4. The molecule has 0 spiro atoms. The number of aliphatic hydroxyl groups is 1. The molecule has 0 fully saturated rings. The second-order valence-electron chi connectivity index (χ2n) is 5.91. The third kappa shape index (κ3) is 5.15. The Labute approximate surface area is 156 Å². The molecule has 0 heterocycles. The van der Waals surface area contributed by atoms with E-state index in [2.05, 4.69) is 10.1 Å². The van der Waals surface area contributed by atoms with Gasteiger partial charge in [-0.05, 0) is 49.2 Å².